The van der Waals surface area contributed by atoms with E-state index in [1.54, 1.807) is 31.3 Å². The molecule has 138 valence electrons. The second-order valence-electron chi connectivity index (χ2n) is 6.15. The molecule has 1 amide bonds. The fourth-order valence-corrected chi connectivity index (χ4v) is 2.95. The fraction of sp³-hybridized carbons (Fsp3) is 0.190. The Hall–Kier alpha value is -2.92. The molecule has 0 atom stereocenters. The van der Waals surface area contributed by atoms with Crippen LogP contribution in [0.1, 0.15) is 12.6 Å². The molecule has 1 aromatic heterocycles. The maximum Gasteiger partial charge on any atom is 0.254 e. The third kappa shape index (κ3) is 4.26. The van der Waals surface area contributed by atoms with Crippen molar-refractivity contribution in [1.29, 1.82) is 0 Å². The standard InChI is InChI=1S/C21H20ClN3O2/c1-3-17-13-19(26)25(21(23-17)15-8-5-4-6-9-15)14-20(27)24(2)18-11-7-10-16(22)12-18/h4-13H,3,14H2,1-2H3. The summed E-state index contributed by atoms with van der Waals surface area (Å²) in [4.78, 5) is 31.6. The number of hydrogen-bond acceptors (Lipinski definition) is 3. The van der Waals surface area contributed by atoms with Gasteiger partial charge in [-0.2, -0.15) is 0 Å². The summed E-state index contributed by atoms with van der Waals surface area (Å²) in [6.45, 7) is 1.84. The number of hydrogen-bond donors (Lipinski definition) is 0. The minimum atomic E-state index is -0.242. The van der Waals surface area contributed by atoms with E-state index in [0.29, 0.717) is 28.6 Å². The molecule has 3 rings (SSSR count). The third-order valence-corrected chi connectivity index (χ3v) is 4.55. The van der Waals surface area contributed by atoms with E-state index in [0.717, 1.165) is 5.56 Å². The molecule has 0 fully saturated rings. The summed E-state index contributed by atoms with van der Waals surface area (Å²) in [5, 5.41) is 0.545. The van der Waals surface area contributed by atoms with Crippen molar-refractivity contribution in [3.63, 3.8) is 0 Å². The average Bonchev–Trinajstić information content (AvgIpc) is 2.69. The van der Waals surface area contributed by atoms with Crippen LogP contribution in [0.5, 0.6) is 0 Å². The Balaban J connectivity index is 1.99. The van der Waals surface area contributed by atoms with Gasteiger partial charge in [0.1, 0.15) is 12.4 Å². The van der Waals surface area contributed by atoms with Gasteiger partial charge in [-0.25, -0.2) is 4.98 Å². The van der Waals surface area contributed by atoms with Crippen LogP contribution >= 0.6 is 11.6 Å². The van der Waals surface area contributed by atoms with Gasteiger partial charge >= 0.3 is 0 Å². The molecule has 0 saturated carbocycles. The zero-order chi connectivity index (χ0) is 19.4. The van der Waals surface area contributed by atoms with E-state index in [1.807, 2.05) is 37.3 Å². The van der Waals surface area contributed by atoms with Crippen LogP contribution in [0, 0.1) is 0 Å². The van der Waals surface area contributed by atoms with E-state index in [4.69, 9.17) is 11.6 Å². The van der Waals surface area contributed by atoms with Crippen molar-refractivity contribution in [3.05, 3.63) is 81.7 Å². The van der Waals surface area contributed by atoms with Crippen LogP contribution in [0.3, 0.4) is 0 Å². The van der Waals surface area contributed by atoms with Crippen LogP contribution in [0.15, 0.2) is 65.5 Å². The molecule has 0 radical (unpaired) electrons. The minimum Gasteiger partial charge on any atom is -0.314 e. The van der Waals surface area contributed by atoms with Gasteiger partial charge in [0.05, 0.1) is 0 Å². The van der Waals surface area contributed by atoms with E-state index in [1.165, 1.54) is 15.5 Å². The van der Waals surface area contributed by atoms with Crippen LogP contribution in [0.2, 0.25) is 5.02 Å². The van der Waals surface area contributed by atoms with Gasteiger partial charge in [-0.05, 0) is 24.6 Å². The summed E-state index contributed by atoms with van der Waals surface area (Å²) < 4.78 is 1.41. The second kappa shape index (κ2) is 8.18. The molecule has 0 spiro atoms. The van der Waals surface area contributed by atoms with Crippen molar-refractivity contribution < 1.29 is 4.79 Å². The molecular formula is C21H20ClN3O2. The van der Waals surface area contributed by atoms with Crippen molar-refractivity contribution in [2.24, 2.45) is 0 Å². The monoisotopic (exact) mass is 381 g/mol. The number of carbonyl (C=O) groups excluding carboxylic acids is 1. The molecule has 0 saturated heterocycles. The topological polar surface area (TPSA) is 55.2 Å². The number of likely N-dealkylation sites (N-methyl/N-ethyl adjacent to an activating group) is 1. The van der Waals surface area contributed by atoms with Gasteiger partial charge in [-0.15, -0.1) is 0 Å². The Labute approximate surface area is 162 Å². The Kier molecular flexibility index (Phi) is 5.72. The number of rotatable bonds is 5. The van der Waals surface area contributed by atoms with Crippen molar-refractivity contribution in [1.82, 2.24) is 9.55 Å². The highest BCUT2D eigenvalue weighted by Gasteiger charge is 2.17. The highest BCUT2D eigenvalue weighted by Crippen LogP contribution is 2.20. The summed E-state index contributed by atoms with van der Waals surface area (Å²) in [6, 6.07) is 17.9. The van der Waals surface area contributed by atoms with E-state index >= 15 is 0 Å². The first-order chi connectivity index (χ1) is 13.0. The Morgan fingerprint density at radius 2 is 1.85 bits per heavy atom. The molecular weight excluding hydrogens is 362 g/mol. The van der Waals surface area contributed by atoms with Gasteiger partial charge < -0.3 is 4.90 Å². The van der Waals surface area contributed by atoms with Crippen LogP contribution < -0.4 is 10.5 Å². The van der Waals surface area contributed by atoms with Gasteiger partial charge in [0, 0.05) is 35.1 Å². The number of benzene rings is 2. The highest BCUT2D eigenvalue weighted by molar-refractivity contribution is 6.30. The minimum absolute atomic E-state index is 0.108. The van der Waals surface area contributed by atoms with Gasteiger partial charge in [-0.1, -0.05) is 54.9 Å². The predicted octanol–water partition coefficient (Wildman–Crippen LogP) is 3.79. The molecule has 5 nitrogen and oxygen atoms in total. The number of anilines is 1. The highest BCUT2D eigenvalue weighted by atomic mass is 35.5. The molecule has 3 aromatic rings. The molecule has 27 heavy (non-hydrogen) atoms. The lowest BCUT2D eigenvalue weighted by Gasteiger charge is -2.20. The van der Waals surface area contributed by atoms with E-state index < -0.39 is 0 Å². The van der Waals surface area contributed by atoms with Gasteiger partial charge in [0.25, 0.3) is 5.56 Å². The van der Waals surface area contributed by atoms with Crippen molar-refractivity contribution in [2.45, 2.75) is 19.9 Å². The molecule has 0 aliphatic rings. The van der Waals surface area contributed by atoms with E-state index in [2.05, 4.69) is 4.98 Å². The Morgan fingerprint density at radius 3 is 2.52 bits per heavy atom. The van der Waals surface area contributed by atoms with E-state index in [-0.39, 0.29) is 18.0 Å². The van der Waals surface area contributed by atoms with E-state index in [9.17, 15) is 9.59 Å². The Morgan fingerprint density at radius 1 is 1.11 bits per heavy atom. The van der Waals surface area contributed by atoms with Crippen molar-refractivity contribution in [3.8, 4) is 11.4 Å². The summed E-state index contributed by atoms with van der Waals surface area (Å²) in [6.07, 6.45) is 0.645. The summed E-state index contributed by atoms with van der Waals surface area (Å²) in [5.74, 6) is 0.260. The molecule has 0 N–H and O–H groups in total. The molecule has 0 aliphatic heterocycles. The summed E-state index contributed by atoms with van der Waals surface area (Å²) >= 11 is 6.01. The van der Waals surface area contributed by atoms with Crippen molar-refractivity contribution >= 4 is 23.2 Å². The zero-order valence-corrected chi connectivity index (χ0v) is 16.0. The quantitative estimate of drug-likeness (QED) is 0.675. The predicted molar refractivity (Wildman–Crippen MR) is 108 cm³/mol. The zero-order valence-electron chi connectivity index (χ0n) is 15.2. The maximum atomic E-state index is 12.8. The normalized spacial score (nSPS) is 10.6. The second-order valence-corrected chi connectivity index (χ2v) is 6.58. The molecule has 0 aliphatic carbocycles. The molecule has 1 heterocycles. The molecule has 2 aromatic carbocycles. The van der Waals surface area contributed by atoms with Gasteiger partial charge in [-0.3, -0.25) is 14.2 Å². The molecule has 6 heteroatoms. The van der Waals surface area contributed by atoms with Crippen LogP contribution in [0.25, 0.3) is 11.4 Å². The Bertz CT molecular complexity index is 1020. The lowest BCUT2D eigenvalue weighted by Crippen LogP contribution is -2.35. The SMILES string of the molecule is CCc1cc(=O)n(CC(=O)N(C)c2cccc(Cl)c2)c(-c2ccccc2)n1. The number of aromatic nitrogens is 2. The summed E-state index contributed by atoms with van der Waals surface area (Å²) in [7, 11) is 1.66. The van der Waals surface area contributed by atoms with Crippen molar-refractivity contribution in [2.75, 3.05) is 11.9 Å². The maximum absolute atomic E-state index is 12.8. The first-order valence-corrected chi connectivity index (χ1v) is 9.05. The third-order valence-electron chi connectivity index (χ3n) is 4.32. The first kappa shape index (κ1) is 18.9. The fourth-order valence-electron chi connectivity index (χ4n) is 2.77. The van der Waals surface area contributed by atoms with Gasteiger partial charge in [0.2, 0.25) is 5.91 Å². The van der Waals surface area contributed by atoms with Crippen LogP contribution in [-0.4, -0.2) is 22.5 Å². The number of aryl methyl sites for hydroxylation is 1. The van der Waals surface area contributed by atoms with Crippen LogP contribution in [0.4, 0.5) is 5.69 Å². The smallest absolute Gasteiger partial charge is 0.254 e. The number of halogens is 1. The largest absolute Gasteiger partial charge is 0.314 e. The molecule has 0 bridgehead atoms. The molecule has 0 unspecified atom stereocenters. The number of amides is 1. The summed E-state index contributed by atoms with van der Waals surface area (Å²) in [5.41, 5.74) is 1.92. The number of carbonyl (C=O) groups is 1. The number of nitrogens with zero attached hydrogens (tertiary/aromatic N) is 3. The first-order valence-electron chi connectivity index (χ1n) is 8.68. The van der Waals surface area contributed by atoms with Crippen LogP contribution in [-0.2, 0) is 17.8 Å². The lowest BCUT2D eigenvalue weighted by atomic mass is 10.2. The lowest BCUT2D eigenvalue weighted by molar-refractivity contribution is -0.118. The van der Waals surface area contributed by atoms with Gasteiger partial charge in [0.15, 0.2) is 0 Å². The average molecular weight is 382 g/mol.